The van der Waals surface area contributed by atoms with Crippen LogP contribution in [0.1, 0.15) is 65.0 Å². The molecule has 1 fully saturated rings. The van der Waals surface area contributed by atoms with Crippen LogP contribution in [0.15, 0.2) is 24.3 Å². The van der Waals surface area contributed by atoms with E-state index in [9.17, 15) is 0 Å². The fourth-order valence-corrected chi connectivity index (χ4v) is 4.03. The van der Waals surface area contributed by atoms with Gasteiger partial charge in [0, 0.05) is 11.0 Å². The first kappa shape index (κ1) is 14.1. The SMILES string of the molecule is CC(C)(C)NCC1CC12CCC(C)(C)c1ccccc12. The van der Waals surface area contributed by atoms with Crippen molar-refractivity contribution in [2.24, 2.45) is 5.92 Å². The molecule has 1 saturated carbocycles. The summed E-state index contributed by atoms with van der Waals surface area (Å²) in [5.41, 5.74) is 4.33. The lowest BCUT2D eigenvalue weighted by Crippen LogP contribution is -2.39. The van der Waals surface area contributed by atoms with E-state index in [1.165, 1.54) is 19.3 Å². The highest BCUT2D eigenvalue weighted by Crippen LogP contribution is 2.62. The minimum Gasteiger partial charge on any atom is -0.312 e. The zero-order valence-electron chi connectivity index (χ0n) is 13.7. The van der Waals surface area contributed by atoms with E-state index in [0.29, 0.717) is 10.8 Å². The van der Waals surface area contributed by atoms with Gasteiger partial charge in [0.25, 0.3) is 0 Å². The van der Waals surface area contributed by atoms with Gasteiger partial charge in [-0.3, -0.25) is 0 Å². The normalized spacial score (nSPS) is 31.1. The van der Waals surface area contributed by atoms with Crippen molar-refractivity contribution in [1.29, 1.82) is 0 Å². The predicted molar refractivity (Wildman–Crippen MR) is 86.2 cm³/mol. The molecule has 0 radical (unpaired) electrons. The highest BCUT2D eigenvalue weighted by Gasteiger charge is 2.58. The van der Waals surface area contributed by atoms with E-state index in [0.717, 1.165) is 12.5 Å². The summed E-state index contributed by atoms with van der Waals surface area (Å²) in [6, 6.07) is 9.20. The second-order valence-corrected chi connectivity index (χ2v) is 8.62. The summed E-state index contributed by atoms with van der Waals surface area (Å²) in [7, 11) is 0. The Bertz CT molecular complexity index is 509. The van der Waals surface area contributed by atoms with Crippen LogP contribution < -0.4 is 5.32 Å². The van der Waals surface area contributed by atoms with Gasteiger partial charge in [-0.15, -0.1) is 0 Å². The fraction of sp³-hybridized carbons (Fsp3) is 0.684. The molecule has 2 atom stereocenters. The van der Waals surface area contributed by atoms with E-state index in [1.807, 2.05) is 0 Å². The average Bonchev–Trinajstić information content (AvgIpc) is 3.07. The molecule has 0 bridgehead atoms. The molecule has 0 aromatic heterocycles. The monoisotopic (exact) mass is 271 g/mol. The Kier molecular flexibility index (Phi) is 3.06. The zero-order valence-corrected chi connectivity index (χ0v) is 13.7. The molecule has 2 unspecified atom stereocenters. The third-order valence-electron chi connectivity index (χ3n) is 5.50. The van der Waals surface area contributed by atoms with Gasteiger partial charge in [0.2, 0.25) is 0 Å². The van der Waals surface area contributed by atoms with Gasteiger partial charge in [-0.25, -0.2) is 0 Å². The van der Waals surface area contributed by atoms with E-state index in [1.54, 1.807) is 11.1 Å². The van der Waals surface area contributed by atoms with Gasteiger partial charge in [-0.2, -0.15) is 0 Å². The first-order valence-corrected chi connectivity index (χ1v) is 8.10. The van der Waals surface area contributed by atoms with Crippen LogP contribution >= 0.6 is 0 Å². The van der Waals surface area contributed by atoms with Gasteiger partial charge in [0.05, 0.1) is 0 Å². The van der Waals surface area contributed by atoms with Crippen molar-refractivity contribution in [2.75, 3.05) is 6.54 Å². The second kappa shape index (κ2) is 4.34. The molecule has 2 aliphatic rings. The van der Waals surface area contributed by atoms with Gasteiger partial charge in [0.15, 0.2) is 0 Å². The van der Waals surface area contributed by atoms with Crippen LogP contribution in [0.3, 0.4) is 0 Å². The van der Waals surface area contributed by atoms with E-state index in [4.69, 9.17) is 0 Å². The Hall–Kier alpha value is -0.820. The van der Waals surface area contributed by atoms with Crippen molar-refractivity contribution in [3.8, 4) is 0 Å². The van der Waals surface area contributed by atoms with Crippen LogP contribution in [-0.4, -0.2) is 12.1 Å². The molecule has 1 aromatic carbocycles. The smallest absolute Gasteiger partial charge is 0.00966 e. The summed E-state index contributed by atoms with van der Waals surface area (Å²) >= 11 is 0. The third kappa shape index (κ3) is 2.30. The lowest BCUT2D eigenvalue weighted by Gasteiger charge is -2.38. The Morgan fingerprint density at radius 3 is 2.40 bits per heavy atom. The third-order valence-corrected chi connectivity index (χ3v) is 5.50. The predicted octanol–water partition coefficient (Wildman–Crippen LogP) is 4.40. The lowest BCUT2D eigenvalue weighted by molar-refractivity contribution is 0.350. The zero-order chi connectivity index (χ0) is 14.6. The summed E-state index contributed by atoms with van der Waals surface area (Å²) in [4.78, 5) is 0. The van der Waals surface area contributed by atoms with Gasteiger partial charge in [-0.05, 0) is 69.0 Å². The maximum atomic E-state index is 3.71. The number of benzene rings is 1. The molecule has 1 aromatic rings. The van der Waals surface area contributed by atoms with Crippen molar-refractivity contribution in [1.82, 2.24) is 5.32 Å². The van der Waals surface area contributed by atoms with Crippen LogP contribution in [0.5, 0.6) is 0 Å². The molecular weight excluding hydrogens is 242 g/mol. The van der Waals surface area contributed by atoms with Crippen molar-refractivity contribution in [3.05, 3.63) is 35.4 Å². The Balaban J connectivity index is 1.84. The molecule has 1 heteroatoms. The van der Waals surface area contributed by atoms with Crippen molar-refractivity contribution in [2.45, 2.75) is 70.3 Å². The molecule has 20 heavy (non-hydrogen) atoms. The lowest BCUT2D eigenvalue weighted by atomic mass is 9.66. The molecule has 1 N–H and O–H groups in total. The van der Waals surface area contributed by atoms with E-state index in [-0.39, 0.29) is 5.54 Å². The molecule has 0 amide bonds. The van der Waals surface area contributed by atoms with Gasteiger partial charge in [0.1, 0.15) is 0 Å². The molecule has 2 aliphatic carbocycles. The molecule has 0 heterocycles. The van der Waals surface area contributed by atoms with Crippen molar-refractivity contribution < 1.29 is 0 Å². The number of fused-ring (bicyclic) bond motifs is 2. The summed E-state index contributed by atoms with van der Waals surface area (Å²) in [6.45, 7) is 12.8. The molecule has 0 aliphatic heterocycles. The van der Waals surface area contributed by atoms with Gasteiger partial charge < -0.3 is 5.32 Å². The molecule has 1 nitrogen and oxygen atoms in total. The standard InChI is InChI=1S/C19H29N/c1-17(2,3)20-13-14-12-19(14)11-10-18(4,5)15-8-6-7-9-16(15)19/h6-9,14,20H,10-13H2,1-5H3. The Labute approximate surface area is 124 Å². The van der Waals surface area contributed by atoms with Gasteiger partial charge >= 0.3 is 0 Å². The summed E-state index contributed by atoms with van der Waals surface area (Å²) < 4.78 is 0. The average molecular weight is 271 g/mol. The first-order valence-electron chi connectivity index (χ1n) is 8.10. The molecule has 1 spiro atoms. The second-order valence-electron chi connectivity index (χ2n) is 8.62. The van der Waals surface area contributed by atoms with Crippen LogP contribution in [0.4, 0.5) is 0 Å². The topological polar surface area (TPSA) is 12.0 Å². The summed E-state index contributed by atoms with van der Waals surface area (Å²) in [5, 5.41) is 3.71. The number of hydrogen-bond donors (Lipinski definition) is 1. The van der Waals surface area contributed by atoms with Crippen molar-refractivity contribution >= 4 is 0 Å². The Morgan fingerprint density at radius 2 is 1.75 bits per heavy atom. The number of hydrogen-bond acceptors (Lipinski definition) is 1. The summed E-state index contributed by atoms with van der Waals surface area (Å²) in [5.74, 6) is 0.832. The quantitative estimate of drug-likeness (QED) is 0.840. The Morgan fingerprint density at radius 1 is 1.10 bits per heavy atom. The number of rotatable bonds is 2. The van der Waals surface area contributed by atoms with E-state index in [2.05, 4.69) is 64.2 Å². The molecular formula is C19H29N. The summed E-state index contributed by atoms with van der Waals surface area (Å²) in [6.07, 6.45) is 4.08. The highest BCUT2D eigenvalue weighted by molar-refractivity contribution is 5.46. The molecule has 3 rings (SSSR count). The maximum absolute atomic E-state index is 3.71. The van der Waals surface area contributed by atoms with Gasteiger partial charge in [-0.1, -0.05) is 38.1 Å². The van der Waals surface area contributed by atoms with E-state index >= 15 is 0 Å². The highest BCUT2D eigenvalue weighted by atomic mass is 15.0. The minimum atomic E-state index is 0.233. The fourth-order valence-electron chi connectivity index (χ4n) is 4.03. The van der Waals surface area contributed by atoms with Crippen molar-refractivity contribution in [3.63, 3.8) is 0 Å². The van der Waals surface area contributed by atoms with Crippen LogP contribution in [-0.2, 0) is 10.8 Å². The number of nitrogens with one attached hydrogen (secondary N) is 1. The molecule has 0 saturated heterocycles. The molecule has 110 valence electrons. The van der Waals surface area contributed by atoms with Crippen LogP contribution in [0.25, 0.3) is 0 Å². The largest absolute Gasteiger partial charge is 0.312 e. The first-order chi connectivity index (χ1) is 9.25. The maximum Gasteiger partial charge on any atom is 0.00966 e. The van der Waals surface area contributed by atoms with Crippen LogP contribution in [0, 0.1) is 5.92 Å². The van der Waals surface area contributed by atoms with Crippen LogP contribution in [0.2, 0.25) is 0 Å². The minimum absolute atomic E-state index is 0.233. The van der Waals surface area contributed by atoms with E-state index < -0.39 is 0 Å².